The van der Waals surface area contributed by atoms with Gasteiger partial charge in [0.1, 0.15) is 5.82 Å². The van der Waals surface area contributed by atoms with Crippen molar-refractivity contribution in [1.29, 1.82) is 0 Å². The van der Waals surface area contributed by atoms with Crippen LogP contribution in [0.15, 0.2) is 24.4 Å². The molecule has 2 aromatic heterocycles. The highest BCUT2D eigenvalue weighted by Crippen LogP contribution is 2.44. The highest BCUT2D eigenvalue weighted by atomic mass is 16.2. The summed E-state index contributed by atoms with van der Waals surface area (Å²) in [5.74, 6) is 0.580. The molecule has 8 nitrogen and oxygen atoms in total. The number of hydrogen-bond donors (Lipinski definition) is 2. The van der Waals surface area contributed by atoms with Crippen LogP contribution in [0.3, 0.4) is 0 Å². The lowest BCUT2D eigenvalue weighted by atomic mass is 9.82. The van der Waals surface area contributed by atoms with E-state index in [1.165, 1.54) is 11.3 Å². The molecule has 0 aromatic carbocycles. The number of nitrogens with zero attached hydrogens (tertiary/aromatic N) is 5. The van der Waals surface area contributed by atoms with E-state index in [9.17, 15) is 4.79 Å². The normalized spacial score (nSPS) is 23.3. The number of likely N-dealkylation sites (tertiary alicyclic amines) is 1. The van der Waals surface area contributed by atoms with Gasteiger partial charge in [-0.3, -0.25) is 4.68 Å². The summed E-state index contributed by atoms with van der Waals surface area (Å²) in [6.07, 6.45) is 7.08. The third-order valence-electron chi connectivity index (χ3n) is 7.07. The van der Waals surface area contributed by atoms with E-state index >= 15 is 0 Å². The van der Waals surface area contributed by atoms with E-state index in [0.29, 0.717) is 12.4 Å². The molecule has 0 saturated carbocycles. The van der Waals surface area contributed by atoms with Crippen LogP contribution in [0, 0.1) is 0 Å². The molecule has 1 spiro atoms. The van der Waals surface area contributed by atoms with E-state index in [2.05, 4.69) is 45.1 Å². The first-order chi connectivity index (χ1) is 15.0. The number of nitrogens with one attached hydrogen (secondary N) is 1. The summed E-state index contributed by atoms with van der Waals surface area (Å²) in [5.41, 5.74) is 11.7. The van der Waals surface area contributed by atoms with Crippen LogP contribution in [0.2, 0.25) is 0 Å². The molecule has 1 saturated heterocycles. The molecule has 3 N–H and O–H groups in total. The monoisotopic (exact) mass is 421 g/mol. The Bertz CT molecular complexity index is 1040. The number of anilines is 1. The molecule has 0 unspecified atom stereocenters. The summed E-state index contributed by atoms with van der Waals surface area (Å²) in [5, 5.41) is 7.83. The number of likely N-dealkylation sites (N-methyl/N-ethyl adjacent to an activating group) is 1. The van der Waals surface area contributed by atoms with Crippen LogP contribution in [-0.2, 0) is 12.0 Å². The predicted octanol–water partition coefficient (Wildman–Crippen LogP) is 2.32. The first kappa shape index (κ1) is 20.1. The van der Waals surface area contributed by atoms with Crippen molar-refractivity contribution >= 4 is 17.4 Å². The van der Waals surface area contributed by atoms with Crippen LogP contribution in [0.1, 0.15) is 37.4 Å². The van der Waals surface area contributed by atoms with Crippen molar-refractivity contribution < 1.29 is 4.79 Å². The quantitative estimate of drug-likeness (QED) is 0.794. The third-order valence-corrected chi connectivity index (χ3v) is 7.07. The molecular weight excluding hydrogens is 390 g/mol. The molecule has 3 aliphatic rings. The Morgan fingerprint density at radius 3 is 2.87 bits per heavy atom. The number of rotatable bonds is 3. The molecular formula is C23H31N7O. The number of carbonyl (C=O) groups is 1. The lowest BCUT2D eigenvalue weighted by Crippen LogP contribution is -2.40. The van der Waals surface area contributed by atoms with Crippen LogP contribution in [0.5, 0.6) is 0 Å². The predicted molar refractivity (Wildman–Crippen MR) is 122 cm³/mol. The molecule has 8 heteroatoms. The smallest absolute Gasteiger partial charge is 0.317 e. The maximum absolute atomic E-state index is 12.3. The fourth-order valence-corrected chi connectivity index (χ4v) is 5.21. The molecule has 0 aliphatic carbocycles. The standard InChI is InChI=1S/C23H31N7O/c1-3-25-22(31)29-10-6-23(15-29)7-11-30-20(23)13-19(27-30)17-12-18(21(24)26-14-17)16-4-8-28(2)9-5-16/h4,12-14H,3,5-11,15H2,1-2H3,(H2,24,26)(H,25,31)/t23-/m1/s1. The van der Waals surface area contributed by atoms with Gasteiger partial charge in [0.25, 0.3) is 0 Å². The van der Waals surface area contributed by atoms with Crippen LogP contribution in [-0.4, -0.2) is 70.4 Å². The zero-order valence-electron chi connectivity index (χ0n) is 18.4. The maximum atomic E-state index is 12.3. The first-order valence-electron chi connectivity index (χ1n) is 11.2. The van der Waals surface area contributed by atoms with Gasteiger partial charge in [-0.05, 0) is 50.9 Å². The lowest BCUT2D eigenvalue weighted by molar-refractivity contribution is 0.206. The second-order valence-corrected chi connectivity index (χ2v) is 9.07. The molecule has 2 amide bonds. The van der Waals surface area contributed by atoms with Crippen LogP contribution >= 0.6 is 0 Å². The van der Waals surface area contributed by atoms with Gasteiger partial charge in [0, 0.05) is 67.7 Å². The summed E-state index contributed by atoms with van der Waals surface area (Å²) >= 11 is 0. The van der Waals surface area contributed by atoms with Gasteiger partial charge in [0.15, 0.2) is 0 Å². The van der Waals surface area contributed by atoms with Gasteiger partial charge >= 0.3 is 6.03 Å². The second-order valence-electron chi connectivity index (χ2n) is 9.07. The summed E-state index contributed by atoms with van der Waals surface area (Å²) in [6.45, 7) is 7.02. The molecule has 5 rings (SSSR count). The molecule has 1 atom stereocenters. The van der Waals surface area contributed by atoms with E-state index in [1.807, 2.05) is 18.0 Å². The number of hydrogen-bond acceptors (Lipinski definition) is 5. The van der Waals surface area contributed by atoms with Crippen molar-refractivity contribution in [2.45, 2.75) is 38.1 Å². The topological polar surface area (TPSA) is 92.3 Å². The minimum Gasteiger partial charge on any atom is -0.383 e. The molecule has 0 bridgehead atoms. The molecule has 3 aliphatic heterocycles. The minimum atomic E-state index is 0.0108. The average Bonchev–Trinajstić information content (AvgIpc) is 3.46. The maximum Gasteiger partial charge on any atom is 0.317 e. The van der Waals surface area contributed by atoms with Crippen molar-refractivity contribution in [1.82, 2.24) is 29.9 Å². The highest BCUT2D eigenvalue weighted by molar-refractivity contribution is 5.78. The number of urea groups is 1. The fraction of sp³-hybridized carbons (Fsp3) is 0.522. The van der Waals surface area contributed by atoms with Gasteiger partial charge in [-0.15, -0.1) is 0 Å². The van der Waals surface area contributed by atoms with E-state index in [-0.39, 0.29) is 11.4 Å². The first-order valence-corrected chi connectivity index (χ1v) is 11.2. The Labute approximate surface area is 183 Å². The number of aryl methyl sites for hydroxylation is 1. The molecule has 1 fully saturated rings. The van der Waals surface area contributed by atoms with Gasteiger partial charge in [-0.25, -0.2) is 9.78 Å². The largest absolute Gasteiger partial charge is 0.383 e. The van der Waals surface area contributed by atoms with Crippen LogP contribution < -0.4 is 11.1 Å². The van der Waals surface area contributed by atoms with Crippen molar-refractivity contribution in [3.8, 4) is 11.3 Å². The molecule has 164 valence electrons. The Morgan fingerprint density at radius 1 is 1.26 bits per heavy atom. The molecule has 31 heavy (non-hydrogen) atoms. The minimum absolute atomic E-state index is 0.0108. The zero-order chi connectivity index (χ0) is 21.6. The average molecular weight is 422 g/mol. The van der Waals surface area contributed by atoms with E-state index < -0.39 is 0 Å². The van der Waals surface area contributed by atoms with Crippen molar-refractivity contribution in [3.05, 3.63) is 35.7 Å². The second kappa shape index (κ2) is 7.67. The van der Waals surface area contributed by atoms with Gasteiger partial charge < -0.3 is 20.9 Å². The van der Waals surface area contributed by atoms with Crippen LogP contribution in [0.25, 0.3) is 16.8 Å². The number of fused-ring (bicyclic) bond motifs is 2. The van der Waals surface area contributed by atoms with Crippen molar-refractivity contribution in [2.75, 3.05) is 45.5 Å². The Morgan fingerprint density at radius 2 is 2.10 bits per heavy atom. The molecule has 2 aromatic rings. The molecule has 5 heterocycles. The number of amides is 2. The van der Waals surface area contributed by atoms with Crippen LogP contribution in [0.4, 0.5) is 10.6 Å². The number of nitrogens with two attached hydrogens (primary N) is 1. The Kier molecular flexibility index (Phi) is 4.97. The lowest BCUT2D eigenvalue weighted by Gasteiger charge is -2.23. The Hall–Kier alpha value is -2.87. The summed E-state index contributed by atoms with van der Waals surface area (Å²) in [4.78, 5) is 21.1. The third kappa shape index (κ3) is 3.48. The van der Waals surface area contributed by atoms with Gasteiger partial charge in [0.05, 0.1) is 5.69 Å². The van der Waals surface area contributed by atoms with E-state index in [1.54, 1.807) is 0 Å². The van der Waals surface area contributed by atoms with Crippen molar-refractivity contribution in [3.63, 3.8) is 0 Å². The van der Waals surface area contributed by atoms with Gasteiger partial charge in [-0.1, -0.05) is 6.08 Å². The Balaban J connectivity index is 1.43. The number of carbonyl (C=O) groups excluding carboxylic acids is 1. The van der Waals surface area contributed by atoms with E-state index in [4.69, 9.17) is 10.8 Å². The number of aromatic nitrogens is 3. The highest BCUT2D eigenvalue weighted by Gasteiger charge is 2.46. The van der Waals surface area contributed by atoms with Crippen molar-refractivity contribution in [2.24, 2.45) is 0 Å². The SMILES string of the molecule is CCNC(=O)N1CC[C@@]2(CCn3nc(-c4cnc(N)c(C5=CCN(C)CC5)c4)cc32)C1. The summed E-state index contributed by atoms with van der Waals surface area (Å²) in [6, 6.07) is 4.38. The van der Waals surface area contributed by atoms with Gasteiger partial charge in [-0.2, -0.15) is 5.10 Å². The number of nitrogen functional groups attached to an aromatic ring is 1. The summed E-state index contributed by atoms with van der Waals surface area (Å²) in [7, 11) is 2.13. The molecule has 0 radical (unpaired) electrons. The number of pyridine rings is 1. The van der Waals surface area contributed by atoms with Gasteiger partial charge in [0.2, 0.25) is 0 Å². The summed E-state index contributed by atoms with van der Waals surface area (Å²) < 4.78 is 2.13. The fourth-order valence-electron chi connectivity index (χ4n) is 5.21. The zero-order valence-corrected chi connectivity index (χ0v) is 18.4. The van der Waals surface area contributed by atoms with E-state index in [0.717, 1.165) is 68.8 Å².